The van der Waals surface area contributed by atoms with E-state index in [1.807, 2.05) is 44.2 Å². The number of anilines is 1. The molecular weight excluding hydrogens is 610 g/mol. The van der Waals surface area contributed by atoms with E-state index in [1.165, 1.54) is 43.9 Å². The van der Waals surface area contributed by atoms with Crippen LogP contribution in [-0.2, 0) is 21.4 Å². The number of para-hydroxylation sites is 2. The second-order valence-electron chi connectivity index (χ2n) is 10.3. The van der Waals surface area contributed by atoms with Crippen molar-refractivity contribution in [2.24, 2.45) is 0 Å². The third-order valence-electron chi connectivity index (χ3n) is 6.69. The van der Waals surface area contributed by atoms with Gasteiger partial charge in [-0.05, 0) is 35.2 Å². The zero-order valence-electron chi connectivity index (χ0n) is 25.5. The topological polar surface area (TPSA) is 149 Å². The molecule has 0 aliphatic rings. The van der Waals surface area contributed by atoms with Gasteiger partial charge in [-0.15, -0.1) is 0 Å². The summed E-state index contributed by atoms with van der Waals surface area (Å²) in [5, 5.41) is 11.5. The average Bonchev–Trinajstić information content (AvgIpc) is 3.06. The molecule has 0 saturated carbocycles. The molecule has 0 atom stereocenters. The number of ether oxygens (including phenoxy) is 4. The van der Waals surface area contributed by atoms with Gasteiger partial charge in [0.2, 0.25) is 5.75 Å². The number of rotatable bonds is 14. The number of hydrogen-bond donors (Lipinski definition) is 1. The quantitative estimate of drug-likeness (QED) is 0.0935. The molecule has 2 aromatic carbocycles. The van der Waals surface area contributed by atoms with Crippen molar-refractivity contribution >= 4 is 15.8 Å². The van der Waals surface area contributed by atoms with Crippen molar-refractivity contribution in [2.45, 2.75) is 31.4 Å². The van der Waals surface area contributed by atoms with Gasteiger partial charge in [-0.1, -0.05) is 62.4 Å². The first-order valence-electron chi connectivity index (χ1n) is 14.4. The lowest BCUT2D eigenvalue weighted by Crippen LogP contribution is -2.23. The Morgan fingerprint density at radius 1 is 0.891 bits per heavy atom. The number of hydrogen-bond acceptors (Lipinski definition) is 10. The second-order valence-corrected chi connectivity index (χ2v) is 11.9. The summed E-state index contributed by atoms with van der Waals surface area (Å²) in [4.78, 5) is 13.2. The van der Waals surface area contributed by atoms with Gasteiger partial charge >= 0.3 is 0 Å². The van der Waals surface area contributed by atoms with Crippen LogP contribution in [0.1, 0.15) is 30.9 Å². The van der Waals surface area contributed by atoms with Crippen LogP contribution in [-0.4, -0.2) is 43.7 Å². The molecule has 238 valence electrons. The molecule has 0 radical (unpaired) electrons. The van der Waals surface area contributed by atoms with E-state index in [0.29, 0.717) is 22.7 Å². The van der Waals surface area contributed by atoms with Crippen LogP contribution in [0.15, 0.2) is 102 Å². The fourth-order valence-electron chi connectivity index (χ4n) is 4.23. The summed E-state index contributed by atoms with van der Waals surface area (Å²) in [5.41, 5.74) is 2.31. The number of nitrogens with one attached hydrogen (secondary N) is 1. The second kappa shape index (κ2) is 14.7. The summed E-state index contributed by atoms with van der Waals surface area (Å²) < 4.78 is 53.9. The lowest BCUT2D eigenvalue weighted by molar-refractivity contribution is -0.605. The number of sulfonamides is 1. The lowest BCUT2D eigenvalue weighted by atomic mass is 10.1. The summed E-state index contributed by atoms with van der Waals surface area (Å²) in [5.74, 6) is 0.480. The van der Waals surface area contributed by atoms with Gasteiger partial charge in [-0.25, -0.2) is 9.97 Å². The SMILES string of the molecule is COc1ccccc1Oc1c(NS(=O)(=O)c2ccc(C(C)C)cn2)nc(-c2cc[n+]([O-])cc2)nc1OCCOCc1ccccc1. The Labute approximate surface area is 267 Å². The van der Waals surface area contributed by atoms with Crippen LogP contribution >= 0.6 is 0 Å². The van der Waals surface area contributed by atoms with Crippen molar-refractivity contribution in [3.05, 3.63) is 114 Å². The Morgan fingerprint density at radius 2 is 1.61 bits per heavy atom. The van der Waals surface area contributed by atoms with Gasteiger partial charge in [-0.3, -0.25) is 4.72 Å². The number of aromatic nitrogens is 4. The summed E-state index contributed by atoms with van der Waals surface area (Å²) in [6.45, 7) is 4.58. The zero-order valence-corrected chi connectivity index (χ0v) is 26.3. The van der Waals surface area contributed by atoms with Crippen molar-refractivity contribution in [2.75, 3.05) is 25.0 Å². The molecule has 3 heterocycles. The van der Waals surface area contributed by atoms with E-state index >= 15 is 0 Å². The third kappa shape index (κ3) is 8.06. The lowest BCUT2D eigenvalue weighted by Gasteiger charge is -2.18. The minimum atomic E-state index is -4.27. The molecule has 0 fully saturated rings. The van der Waals surface area contributed by atoms with Crippen LogP contribution in [0.5, 0.6) is 23.1 Å². The van der Waals surface area contributed by atoms with Gasteiger partial charge in [0, 0.05) is 23.9 Å². The van der Waals surface area contributed by atoms with Crippen molar-refractivity contribution in [3.8, 4) is 34.5 Å². The van der Waals surface area contributed by atoms with Crippen LogP contribution in [0, 0.1) is 5.21 Å². The van der Waals surface area contributed by atoms with Crippen LogP contribution in [0.25, 0.3) is 11.4 Å². The van der Waals surface area contributed by atoms with E-state index in [-0.39, 0.29) is 53.2 Å². The summed E-state index contributed by atoms with van der Waals surface area (Å²) >= 11 is 0. The highest BCUT2D eigenvalue weighted by atomic mass is 32.2. The molecule has 46 heavy (non-hydrogen) atoms. The van der Waals surface area contributed by atoms with Gasteiger partial charge in [0.05, 0.1) is 20.3 Å². The standard InChI is InChI=1S/C33H33N5O7S/c1-23(2)26-13-14-29(34-21-26)46(40,41)37-32-30(45-28-12-8-7-11-27(28)42-3)33(36-31(35-32)25-15-17-38(39)18-16-25)44-20-19-43-22-24-9-5-4-6-10-24/h4-18,21,23H,19-20,22H2,1-3H3,(H,35,36,37). The first-order valence-corrected chi connectivity index (χ1v) is 15.9. The monoisotopic (exact) mass is 643 g/mol. The van der Waals surface area contributed by atoms with E-state index < -0.39 is 10.0 Å². The minimum absolute atomic E-state index is 0.0470. The van der Waals surface area contributed by atoms with E-state index in [4.69, 9.17) is 18.9 Å². The Bertz CT molecular complexity index is 1850. The number of benzene rings is 2. The van der Waals surface area contributed by atoms with Gasteiger partial charge in [0.1, 0.15) is 6.61 Å². The zero-order chi connectivity index (χ0) is 32.5. The molecule has 13 heteroatoms. The largest absolute Gasteiger partial charge is 0.619 e. The van der Waals surface area contributed by atoms with E-state index in [9.17, 15) is 13.6 Å². The summed E-state index contributed by atoms with van der Waals surface area (Å²) in [6, 6.07) is 22.6. The number of methoxy groups -OCH3 is 1. The highest BCUT2D eigenvalue weighted by Crippen LogP contribution is 2.41. The fraction of sp³-hybridized carbons (Fsp3) is 0.212. The maximum Gasteiger partial charge on any atom is 0.280 e. The molecule has 1 N–H and O–H groups in total. The molecule has 5 aromatic rings. The normalized spacial score (nSPS) is 11.3. The molecule has 0 spiro atoms. The van der Waals surface area contributed by atoms with Crippen LogP contribution in [0.2, 0.25) is 0 Å². The number of nitrogens with zero attached hydrogens (tertiary/aromatic N) is 4. The minimum Gasteiger partial charge on any atom is -0.619 e. The molecule has 3 aromatic heterocycles. The maximum atomic E-state index is 13.6. The van der Waals surface area contributed by atoms with Crippen LogP contribution in [0.4, 0.5) is 5.82 Å². The molecule has 0 bridgehead atoms. The van der Waals surface area contributed by atoms with Crippen LogP contribution in [0.3, 0.4) is 0 Å². The molecule has 0 saturated heterocycles. The maximum absolute atomic E-state index is 13.6. The Kier molecular flexibility index (Phi) is 10.2. The van der Waals surface area contributed by atoms with E-state index in [0.717, 1.165) is 11.1 Å². The highest BCUT2D eigenvalue weighted by molar-refractivity contribution is 7.92. The van der Waals surface area contributed by atoms with Gasteiger partial charge < -0.3 is 24.2 Å². The van der Waals surface area contributed by atoms with Gasteiger partial charge in [0.25, 0.3) is 15.9 Å². The number of pyridine rings is 2. The Hall–Kier alpha value is -5.27. The van der Waals surface area contributed by atoms with Crippen molar-refractivity contribution in [1.29, 1.82) is 0 Å². The van der Waals surface area contributed by atoms with E-state index in [1.54, 1.807) is 30.3 Å². The van der Waals surface area contributed by atoms with Crippen molar-refractivity contribution in [1.82, 2.24) is 15.0 Å². The van der Waals surface area contributed by atoms with Gasteiger partial charge in [-0.2, -0.15) is 18.1 Å². The van der Waals surface area contributed by atoms with Gasteiger partial charge in [0.15, 0.2) is 40.6 Å². The summed E-state index contributed by atoms with van der Waals surface area (Å²) in [6.07, 6.45) is 4.07. The summed E-state index contributed by atoms with van der Waals surface area (Å²) in [7, 11) is -2.78. The molecular formula is C33H33N5O7S. The first-order chi connectivity index (χ1) is 22.2. The fourth-order valence-corrected chi connectivity index (χ4v) is 5.16. The average molecular weight is 644 g/mol. The first kappa shape index (κ1) is 32.1. The predicted octanol–water partition coefficient (Wildman–Crippen LogP) is 5.49. The Balaban J connectivity index is 1.54. The molecule has 12 nitrogen and oxygen atoms in total. The molecule has 0 aliphatic carbocycles. The molecule has 5 rings (SSSR count). The van der Waals surface area contributed by atoms with Crippen molar-refractivity contribution < 1.29 is 32.1 Å². The molecule has 0 amide bonds. The molecule has 0 unspecified atom stereocenters. The smallest absolute Gasteiger partial charge is 0.280 e. The van der Waals surface area contributed by atoms with Crippen LogP contribution < -0.4 is 23.7 Å². The van der Waals surface area contributed by atoms with Crippen molar-refractivity contribution in [3.63, 3.8) is 0 Å². The molecule has 0 aliphatic heterocycles. The van der Waals surface area contributed by atoms with E-state index in [2.05, 4.69) is 19.7 Å². The highest BCUT2D eigenvalue weighted by Gasteiger charge is 2.26. The Morgan fingerprint density at radius 3 is 2.28 bits per heavy atom. The third-order valence-corrected chi connectivity index (χ3v) is 7.94. The predicted molar refractivity (Wildman–Crippen MR) is 170 cm³/mol.